The average molecular weight is 187 g/mol. The molecule has 0 aliphatic heterocycles. The molecule has 0 saturated heterocycles. The van der Waals surface area contributed by atoms with Crippen LogP contribution in [0.25, 0.3) is 0 Å². The highest BCUT2D eigenvalue weighted by atomic mass is 16.3. The van der Waals surface area contributed by atoms with Crippen LogP contribution in [0.3, 0.4) is 0 Å². The molecule has 0 rings (SSSR count). The molecule has 3 heteroatoms. The van der Waals surface area contributed by atoms with Crippen molar-refractivity contribution in [3.8, 4) is 0 Å². The highest BCUT2D eigenvalue weighted by Crippen LogP contribution is 2.06. The molecule has 3 nitrogen and oxygen atoms in total. The van der Waals surface area contributed by atoms with Gasteiger partial charge in [-0.25, -0.2) is 0 Å². The summed E-state index contributed by atoms with van der Waals surface area (Å²) in [5, 5.41) is 9.12. The fourth-order valence-corrected chi connectivity index (χ4v) is 1.43. The van der Waals surface area contributed by atoms with Gasteiger partial charge in [-0.05, 0) is 13.1 Å². The summed E-state index contributed by atoms with van der Waals surface area (Å²) < 4.78 is 0. The number of aliphatic hydroxyl groups is 1. The second kappa shape index (κ2) is 6.11. The Labute approximate surface area is 80.7 Å². The highest BCUT2D eigenvalue weighted by molar-refractivity contribution is 5.85. The van der Waals surface area contributed by atoms with Gasteiger partial charge in [-0.3, -0.25) is 9.69 Å². The summed E-state index contributed by atoms with van der Waals surface area (Å²) in [7, 11) is 0. The molecular weight excluding hydrogens is 166 g/mol. The van der Waals surface area contributed by atoms with Crippen LogP contribution in [0.5, 0.6) is 0 Å². The van der Waals surface area contributed by atoms with Gasteiger partial charge in [0.15, 0.2) is 5.78 Å². The normalized spacial score (nSPS) is 13.8. The molecule has 0 bridgehead atoms. The summed E-state index contributed by atoms with van der Waals surface area (Å²) in [5.41, 5.74) is 0. The van der Waals surface area contributed by atoms with E-state index in [1.54, 1.807) is 0 Å². The lowest BCUT2D eigenvalue weighted by Gasteiger charge is -2.27. The number of rotatable bonds is 6. The number of Topliss-reactive ketones (excluding diaryl/α,β-unsaturated/α-hetero) is 1. The van der Waals surface area contributed by atoms with Crippen molar-refractivity contribution in [3.63, 3.8) is 0 Å². The van der Waals surface area contributed by atoms with Crippen molar-refractivity contribution in [2.24, 2.45) is 5.92 Å². The van der Waals surface area contributed by atoms with E-state index >= 15 is 0 Å². The smallest absolute Gasteiger partial charge is 0.154 e. The predicted molar refractivity (Wildman–Crippen MR) is 53.6 cm³/mol. The first-order valence-corrected chi connectivity index (χ1v) is 4.97. The molecule has 0 saturated carbocycles. The van der Waals surface area contributed by atoms with E-state index < -0.39 is 0 Å². The van der Waals surface area contributed by atoms with Crippen molar-refractivity contribution in [2.45, 2.75) is 33.7 Å². The molecule has 0 amide bonds. The van der Waals surface area contributed by atoms with Gasteiger partial charge in [-0.1, -0.05) is 27.7 Å². The molecule has 78 valence electrons. The van der Waals surface area contributed by atoms with E-state index in [1.807, 2.05) is 32.6 Å². The first-order valence-electron chi connectivity index (χ1n) is 4.97. The topological polar surface area (TPSA) is 40.5 Å². The largest absolute Gasteiger partial charge is 0.394 e. The number of hydrogen-bond donors (Lipinski definition) is 1. The Morgan fingerprint density at radius 3 is 2.00 bits per heavy atom. The van der Waals surface area contributed by atoms with E-state index in [0.717, 1.165) is 13.1 Å². The minimum atomic E-state index is -0.310. The van der Waals surface area contributed by atoms with E-state index in [2.05, 4.69) is 0 Å². The lowest BCUT2D eigenvalue weighted by atomic mass is 10.0. The van der Waals surface area contributed by atoms with Crippen LogP contribution in [0.15, 0.2) is 0 Å². The first kappa shape index (κ1) is 12.6. The van der Waals surface area contributed by atoms with Crippen LogP contribution in [-0.2, 0) is 4.79 Å². The second-order valence-corrected chi connectivity index (χ2v) is 3.48. The summed E-state index contributed by atoms with van der Waals surface area (Å²) in [4.78, 5) is 13.6. The summed E-state index contributed by atoms with van der Waals surface area (Å²) in [6.07, 6.45) is 0. The van der Waals surface area contributed by atoms with Crippen LogP contribution in [0.2, 0.25) is 0 Å². The third kappa shape index (κ3) is 3.44. The number of nitrogens with zero attached hydrogens (tertiary/aromatic N) is 1. The van der Waals surface area contributed by atoms with Crippen LogP contribution in [0.1, 0.15) is 27.7 Å². The van der Waals surface area contributed by atoms with Crippen LogP contribution < -0.4 is 0 Å². The molecule has 0 aromatic carbocycles. The van der Waals surface area contributed by atoms with Gasteiger partial charge in [0.25, 0.3) is 0 Å². The van der Waals surface area contributed by atoms with Crippen molar-refractivity contribution >= 4 is 5.78 Å². The van der Waals surface area contributed by atoms with Gasteiger partial charge < -0.3 is 5.11 Å². The second-order valence-electron chi connectivity index (χ2n) is 3.48. The minimum absolute atomic E-state index is 0.00208. The van der Waals surface area contributed by atoms with Gasteiger partial charge >= 0.3 is 0 Å². The molecule has 0 heterocycles. The SMILES string of the molecule is CCN(CC)[C@H](CO)C(=O)C(C)C. The molecule has 0 radical (unpaired) electrons. The zero-order chi connectivity index (χ0) is 10.4. The highest BCUT2D eigenvalue weighted by Gasteiger charge is 2.24. The number of likely N-dealkylation sites (N-methyl/N-ethyl adjacent to an activating group) is 1. The van der Waals surface area contributed by atoms with Crippen molar-refractivity contribution in [2.75, 3.05) is 19.7 Å². The standard InChI is InChI=1S/C10H21NO2/c1-5-11(6-2)9(7-12)10(13)8(3)4/h8-9,12H,5-7H2,1-4H3/t9-/m1/s1. The number of carbonyl (C=O) groups excluding carboxylic acids is 1. The van der Waals surface area contributed by atoms with Gasteiger partial charge in [0.2, 0.25) is 0 Å². The maximum absolute atomic E-state index is 11.6. The Morgan fingerprint density at radius 2 is 1.77 bits per heavy atom. The molecule has 0 aromatic rings. The van der Waals surface area contributed by atoms with E-state index in [4.69, 9.17) is 5.11 Å². The summed E-state index contributed by atoms with van der Waals surface area (Å²) in [6, 6.07) is -0.310. The maximum Gasteiger partial charge on any atom is 0.154 e. The molecule has 0 spiro atoms. The Kier molecular flexibility index (Phi) is 5.91. The molecule has 1 N–H and O–H groups in total. The van der Waals surface area contributed by atoms with Crippen LogP contribution >= 0.6 is 0 Å². The van der Waals surface area contributed by atoms with Crippen molar-refractivity contribution in [3.05, 3.63) is 0 Å². The monoisotopic (exact) mass is 187 g/mol. The van der Waals surface area contributed by atoms with Crippen LogP contribution in [0.4, 0.5) is 0 Å². The van der Waals surface area contributed by atoms with E-state index in [9.17, 15) is 4.79 Å². The molecular formula is C10H21NO2. The van der Waals surface area contributed by atoms with Crippen LogP contribution in [0, 0.1) is 5.92 Å². The van der Waals surface area contributed by atoms with Gasteiger partial charge in [0.05, 0.1) is 12.6 Å². The van der Waals surface area contributed by atoms with Gasteiger partial charge in [-0.2, -0.15) is 0 Å². The predicted octanol–water partition coefficient (Wildman–Crippen LogP) is 0.914. The lowest BCUT2D eigenvalue weighted by molar-refractivity contribution is -0.128. The maximum atomic E-state index is 11.6. The van der Waals surface area contributed by atoms with Crippen LogP contribution in [-0.4, -0.2) is 41.5 Å². The Morgan fingerprint density at radius 1 is 1.31 bits per heavy atom. The number of ketones is 1. The van der Waals surface area contributed by atoms with Crippen molar-refractivity contribution in [1.29, 1.82) is 0 Å². The molecule has 0 aromatic heterocycles. The Bertz CT molecular complexity index is 153. The van der Waals surface area contributed by atoms with Crippen molar-refractivity contribution in [1.82, 2.24) is 4.90 Å². The van der Waals surface area contributed by atoms with Gasteiger partial charge in [0, 0.05) is 5.92 Å². The summed E-state index contributed by atoms with van der Waals surface area (Å²) >= 11 is 0. The number of aliphatic hydroxyl groups excluding tert-OH is 1. The molecule has 0 aliphatic carbocycles. The van der Waals surface area contributed by atoms with Gasteiger partial charge in [0.1, 0.15) is 0 Å². The molecule has 1 atom stereocenters. The molecule has 13 heavy (non-hydrogen) atoms. The fourth-order valence-electron chi connectivity index (χ4n) is 1.43. The number of hydrogen-bond acceptors (Lipinski definition) is 3. The molecule has 0 fully saturated rings. The first-order chi connectivity index (χ1) is 6.08. The Balaban J connectivity index is 4.38. The zero-order valence-electron chi connectivity index (χ0n) is 9.08. The summed E-state index contributed by atoms with van der Waals surface area (Å²) in [6.45, 7) is 9.28. The van der Waals surface area contributed by atoms with E-state index in [1.165, 1.54) is 0 Å². The quantitative estimate of drug-likeness (QED) is 0.672. The third-order valence-electron chi connectivity index (χ3n) is 2.32. The average Bonchev–Trinajstić information content (AvgIpc) is 2.12. The minimum Gasteiger partial charge on any atom is -0.394 e. The molecule has 0 unspecified atom stereocenters. The third-order valence-corrected chi connectivity index (χ3v) is 2.32. The summed E-state index contributed by atoms with van der Waals surface area (Å²) in [5.74, 6) is 0.129. The molecule has 0 aliphatic rings. The Hall–Kier alpha value is -0.410. The van der Waals surface area contributed by atoms with E-state index in [-0.39, 0.29) is 24.3 Å². The zero-order valence-corrected chi connectivity index (χ0v) is 9.08. The van der Waals surface area contributed by atoms with E-state index in [0.29, 0.717) is 0 Å². The number of carbonyl (C=O) groups is 1. The fraction of sp³-hybridized carbons (Fsp3) is 0.900. The van der Waals surface area contributed by atoms with Crippen molar-refractivity contribution < 1.29 is 9.90 Å². The van der Waals surface area contributed by atoms with Gasteiger partial charge in [-0.15, -0.1) is 0 Å². The lowest BCUT2D eigenvalue weighted by Crippen LogP contribution is -2.45.